The summed E-state index contributed by atoms with van der Waals surface area (Å²) in [6, 6.07) is 12.8. The van der Waals surface area contributed by atoms with Crippen molar-refractivity contribution in [3.63, 3.8) is 0 Å². The molecular formula is C24H33N3O4S. The maximum atomic E-state index is 12.7. The van der Waals surface area contributed by atoms with Crippen LogP contribution < -0.4 is 10.0 Å². The fourth-order valence-electron chi connectivity index (χ4n) is 4.00. The predicted octanol–water partition coefficient (Wildman–Crippen LogP) is 2.83. The predicted molar refractivity (Wildman–Crippen MR) is 125 cm³/mol. The molecule has 0 bridgehead atoms. The van der Waals surface area contributed by atoms with Crippen molar-refractivity contribution in [2.45, 2.75) is 57.9 Å². The Morgan fingerprint density at radius 2 is 1.69 bits per heavy atom. The van der Waals surface area contributed by atoms with Crippen molar-refractivity contribution in [3.05, 3.63) is 64.7 Å². The topological polar surface area (TPSA) is 87.7 Å². The molecule has 0 aromatic heterocycles. The molecule has 2 aromatic carbocycles. The average molecular weight is 460 g/mol. The van der Waals surface area contributed by atoms with Crippen molar-refractivity contribution >= 4 is 15.9 Å². The molecule has 7 nitrogen and oxygen atoms in total. The molecule has 1 fully saturated rings. The van der Waals surface area contributed by atoms with Gasteiger partial charge in [-0.15, -0.1) is 0 Å². The lowest BCUT2D eigenvalue weighted by Crippen LogP contribution is -2.44. The highest BCUT2D eigenvalue weighted by atomic mass is 32.2. The number of hydrogen-bond donors (Lipinski definition) is 2. The molecule has 1 saturated heterocycles. The molecule has 2 N–H and O–H groups in total. The maximum absolute atomic E-state index is 12.7. The second-order valence-corrected chi connectivity index (χ2v) is 10.2. The number of ether oxygens (including phenoxy) is 1. The summed E-state index contributed by atoms with van der Waals surface area (Å²) < 4.78 is 32.8. The summed E-state index contributed by atoms with van der Waals surface area (Å²) in [5, 5.41) is 2.90. The Bertz CT molecular complexity index is 1030. The minimum atomic E-state index is -3.62. The van der Waals surface area contributed by atoms with Crippen LogP contribution in [0.1, 0.15) is 47.8 Å². The van der Waals surface area contributed by atoms with Gasteiger partial charge >= 0.3 is 0 Å². The number of carbonyl (C=O) groups excluding carboxylic acids is 1. The molecule has 0 radical (unpaired) electrons. The third-order valence-electron chi connectivity index (χ3n) is 5.48. The number of rotatable bonds is 8. The lowest BCUT2D eigenvalue weighted by Gasteiger charge is -2.35. The number of nitrogens with one attached hydrogen (secondary N) is 2. The van der Waals surface area contributed by atoms with E-state index < -0.39 is 10.0 Å². The van der Waals surface area contributed by atoms with Crippen LogP contribution in [0.3, 0.4) is 0 Å². The first-order valence-corrected chi connectivity index (χ1v) is 12.5. The maximum Gasteiger partial charge on any atom is 0.251 e. The Balaban J connectivity index is 1.60. The van der Waals surface area contributed by atoms with Gasteiger partial charge in [0.15, 0.2) is 0 Å². The van der Waals surface area contributed by atoms with Crippen LogP contribution in [0.5, 0.6) is 0 Å². The van der Waals surface area contributed by atoms with E-state index >= 15 is 0 Å². The third-order valence-corrected chi connectivity index (χ3v) is 7.02. The van der Waals surface area contributed by atoms with Gasteiger partial charge in [-0.2, -0.15) is 0 Å². The van der Waals surface area contributed by atoms with Crippen molar-refractivity contribution in [2.24, 2.45) is 0 Å². The molecule has 3 rings (SSSR count). The zero-order chi connectivity index (χ0) is 23.3. The summed E-state index contributed by atoms with van der Waals surface area (Å²) in [5.41, 5.74) is 3.29. The molecule has 8 heteroatoms. The largest absolute Gasteiger partial charge is 0.373 e. The Kier molecular flexibility index (Phi) is 8.05. The molecule has 1 aliphatic heterocycles. The lowest BCUT2D eigenvalue weighted by atomic mass is 10.1. The molecule has 1 heterocycles. The van der Waals surface area contributed by atoms with Gasteiger partial charge in [-0.1, -0.05) is 37.3 Å². The highest BCUT2D eigenvalue weighted by Crippen LogP contribution is 2.17. The second kappa shape index (κ2) is 10.6. The molecule has 1 amide bonds. The standard InChI is InChI=1S/C24H33N3O4S/c1-5-26-32(29,30)22-11-6-17(2)23(12-22)24(28)25-13-20-7-9-21(10-8-20)16-27-14-18(3)31-19(4)15-27/h6-12,18-19,26H,5,13-16H2,1-4H3,(H,25,28). The van der Waals surface area contributed by atoms with Crippen LogP contribution >= 0.6 is 0 Å². The number of morpholine rings is 1. The number of carbonyl (C=O) groups is 1. The van der Waals surface area contributed by atoms with Gasteiger partial charge < -0.3 is 10.1 Å². The highest BCUT2D eigenvalue weighted by Gasteiger charge is 2.22. The zero-order valence-corrected chi connectivity index (χ0v) is 20.0. The molecule has 0 aliphatic carbocycles. The second-order valence-electron chi connectivity index (χ2n) is 8.43. The van der Waals surface area contributed by atoms with Gasteiger partial charge in [-0.05, 0) is 49.6 Å². The van der Waals surface area contributed by atoms with E-state index in [9.17, 15) is 13.2 Å². The average Bonchev–Trinajstić information content (AvgIpc) is 2.72. The Morgan fingerprint density at radius 3 is 2.31 bits per heavy atom. The fraction of sp³-hybridized carbons (Fsp3) is 0.458. The van der Waals surface area contributed by atoms with Gasteiger partial charge in [0.25, 0.3) is 5.91 Å². The van der Waals surface area contributed by atoms with E-state index in [1.54, 1.807) is 19.9 Å². The van der Waals surface area contributed by atoms with Crippen molar-refractivity contribution in [1.29, 1.82) is 0 Å². The Morgan fingerprint density at radius 1 is 1.06 bits per heavy atom. The molecule has 2 unspecified atom stereocenters. The quantitative estimate of drug-likeness (QED) is 0.634. The first-order chi connectivity index (χ1) is 15.2. The van der Waals surface area contributed by atoms with Crippen molar-refractivity contribution in [1.82, 2.24) is 14.9 Å². The van der Waals surface area contributed by atoms with Crippen LogP contribution in [0.2, 0.25) is 0 Å². The van der Waals surface area contributed by atoms with Crippen LogP contribution in [-0.2, 0) is 27.8 Å². The monoisotopic (exact) mass is 459 g/mol. The molecule has 174 valence electrons. The first-order valence-electron chi connectivity index (χ1n) is 11.0. The summed E-state index contributed by atoms with van der Waals surface area (Å²) >= 11 is 0. The molecular weight excluding hydrogens is 426 g/mol. The van der Waals surface area contributed by atoms with Crippen molar-refractivity contribution in [3.8, 4) is 0 Å². The lowest BCUT2D eigenvalue weighted by molar-refractivity contribution is -0.0704. The highest BCUT2D eigenvalue weighted by molar-refractivity contribution is 7.89. The Hall–Kier alpha value is -2.26. The van der Waals surface area contributed by atoms with Gasteiger partial charge in [-0.25, -0.2) is 13.1 Å². The van der Waals surface area contributed by atoms with Crippen LogP contribution in [0, 0.1) is 6.92 Å². The molecule has 0 saturated carbocycles. The molecule has 1 aliphatic rings. The van der Waals surface area contributed by atoms with Gasteiger partial charge in [0, 0.05) is 38.3 Å². The number of aryl methyl sites for hydroxylation is 1. The van der Waals surface area contributed by atoms with Crippen molar-refractivity contribution in [2.75, 3.05) is 19.6 Å². The van der Waals surface area contributed by atoms with Crippen LogP contribution in [-0.4, -0.2) is 51.1 Å². The van der Waals surface area contributed by atoms with E-state index in [1.165, 1.54) is 17.7 Å². The smallest absolute Gasteiger partial charge is 0.251 e. The van der Waals surface area contributed by atoms with Crippen molar-refractivity contribution < 1.29 is 17.9 Å². The van der Waals surface area contributed by atoms with E-state index in [0.29, 0.717) is 12.1 Å². The van der Waals surface area contributed by atoms with E-state index in [-0.39, 0.29) is 29.6 Å². The summed E-state index contributed by atoms with van der Waals surface area (Å²) in [6.45, 7) is 11.1. The molecule has 32 heavy (non-hydrogen) atoms. The van der Waals surface area contributed by atoms with E-state index in [4.69, 9.17) is 4.74 Å². The SMILES string of the molecule is CCNS(=O)(=O)c1ccc(C)c(C(=O)NCc2ccc(CN3CC(C)OC(C)C3)cc2)c1. The Labute approximate surface area is 191 Å². The van der Waals surface area contributed by atoms with Gasteiger partial charge in [-0.3, -0.25) is 9.69 Å². The number of amides is 1. The van der Waals surface area contributed by atoms with E-state index in [0.717, 1.165) is 30.8 Å². The van der Waals surface area contributed by atoms with Gasteiger partial charge in [0.2, 0.25) is 10.0 Å². The minimum Gasteiger partial charge on any atom is -0.373 e. The van der Waals surface area contributed by atoms with Gasteiger partial charge in [0.1, 0.15) is 0 Å². The zero-order valence-electron chi connectivity index (χ0n) is 19.2. The number of benzene rings is 2. The van der Waals surface area contributed by atoms with E-state index in [1.807, 2.05) is 12.1 Å². The number of nitrogens with zero attached hydrogens (tertiary/aromatic N) is 1. The van der Waals surface area contributed by atoms with Gasteiger partial charge in [0.05, 0.1) is 17.1 Å². The summed E-state index contributed by atoms with van der Waals surface area (Å²) in [4.78, 5) is 15.2. The summed E-state index contributed by atoms with van der Waals surface area (Å²) in [7, 11) is -3.62. The molecule has 0 spiro atoms. The van der Waals surface area contributed by atoms with Crippen LogP contribution in [0.4, 0.5) is 0 Å². The van der Waals surface area contributed by atoms with Crippen LogP contribution in [0.15, 0.2) is 47.4 Å². The fourth-order valence-corrected chi connectivity index (χ4v) is 5.06. The molecule has 2 aromatic rings. The van der Waals surface area contributed by atoms with Crippen LogP contribution in [0.25, 0.3) is 0 Å². The third kappa shape index (κ3) is 6.38. The number of hydrogen-bond acceptors (Lipinski definition) is 5. The summed E-state index contributed by atoms with van der Waals surface area (Å²) in [6.07, 6.45) is 0.478. The first kappa shape index (κ1) is 24.4. The normalized spacial score (nSPS) is 19.6. The molecule has 2 atom stereocenters. The van der Waals surface area contributed by atoms with E-state index in [2.05, 4.69) is 40.9 Å². The minimum absolute atomic E-state index is 0.0891. The number of sulfonamides is 1. The summed E-state index contributed by atoms with van der Waals surface area (Å²) in [5.74, 6) is -0.295.